The van der Waals surface area contributed by atoms with Gasteiger partial charge in [0.15, 0.2) is 0 Å². The normalized spacial score (nSPS) is 21.9. The second-order valence-electron chi connectivity index (χ2n) is 5.23. The first-order valence-electron chi connectivity index (χ1n) is 6.84. The van der Waals surface area contributed by atoms with Crippen molar-refractivity contribution in [2.45, 2.75) is 32.3 Å². The van der Waals surface area contributed by atoms with Gasteiger partial charge in [-0.05, 0) is 49.8 Å². The molecule has 3 heteroatoms. The number of nitrogens with zero attached hydrogens (tertiary/aromatic N) is 1. The van der Waals surface area contributed by atoms with Gasteiger partial charge in [-0.25, -0.2) is 0 Å². The number of benzene rings is 1. The molecule has 1 saturated heterocycles. The molecule has 0 aromatic heterocycles. The summed E-state index contributed by atoms with van der Waals surface area (Å²) in [5.74, 6) is 0.611. The lowest BCUT2D eigenvalue weighted by Crippen LogP contribution is -2.35. The van der Waals surface area contributed by atoms with E-state index in [-0.39, 0.29) is 0 Å². The Morgan fingerprint density at radius 2 is 2.06 bits per heavy atom. The van der Waals surface area contributed by atoms with Crippen LogP contribution in [0.25, 0.3) is 0 Å². The van der Waals surface area contributed by atoms with Crippen LogP contribution in [0.3, 0.4) is 0 Å². The van der Waals surface area contributed by atoms with Crippen LogP contribution in [-0.2, 0) is 0 Å². The molecule has 0 bridgehead atoms. The van der Waals surface area contributed by atoms with Crippen LogP contribution in [0.15, 0.2) is 24.3 Å². The van der Waals surface area contributed by atoms with Gasteiger partial charge in [0.05, 0.1) is 6.10 Å². The lowest BCUT2D eigenvalue weighted by molar-refractivity contribution is 0.199. The van der Waals surface area contributed by atoms with Gasteiger partial charge in [0.2, 0.25) is 0 Å². The second-order valence-corrected chi connectivity index (χ2v) is 5.23. The second kappa shape index (κ2) is 6.21. The molecule has 2 rings (SSSR count). The summed E-state index contributed by atoms with van der Waals surface area (Å²) in [6, 6.07) is 8.16. The molecule has 1 fully saturated rings. The van der Waals surface area contributed by atoms with Gasteiger partial charge in [-0.15, -0.1) is 0 Å². The third-order valence-electron chi connectivity index (χ3n) is 3.80. The van der Waals surface area contributed by atoms with Gasteiger partial charge in [-0.3, -0.25) is 0 Å². The van der Waals surface area contributed by atoms with E-state index in [1.807, 2.05) is 12.1 Å². The number of hydrogen-bond donors (Lipinski definition) is 2. The molecular weight excluding hydrogens is 226 g/mol. The first-order chi connectivity index (χ1) is 8.70. The molecular formula is C15H23NO2. The van der Waals surface area contributed by atoms with Gasteiger partial charge in [-0.1, -0.05) is 12.1 Å². The van der Waals surface area contributed by atoms with Gasteiger partial charge in [0, 0.05) is 25.4 Å². The van der Waals surface area contributed by atoms with Crippen molar-refractivity contribution in [3.8, 4) is 0 Å². The van der Waals surface area contributed by atoms with Crippen LogP contribution >= 0.6 is 0 Å². The molecule has 18 heavy (non-hydrogen) atoms. The lowest BCUT2D eigenvalue weighted by Gasteiger charge is -2.34. The molecule has 0 saturated carbocycles. The third kappa shape index (κ3) is 3.24. The molecule has 2 N–H and O–H groups in total. The van der Waals surface area contributed by atoms with Crippen molar-refractivity contribution in [1.29, 1.82) is 0 Å². The maximum Gasteiger partial charge on any atom is 0.0761 e. The number of rotatable bonds is 4. The zero-order valence-electron chi connectivity index (χ0n) is 11.0. The molecule has 0 radical (unpaired) electrons. The topological polar surface area (TPSA) is 43.7 Å². The zero-order valence-corrected chi connectivity index (χ0v) is 11.0. The van der Waals surface area contributed by atoms with Crippen LogP contribution in [0.2, 0.25) is 0 Å². The van der Waals surface area contributed by atoms with Crippen LogP contribution < -0.4 is 4.90 Å². The molecule has 2 atom stereocenters. The van der Waals surface area contributed by atoms with Gasteiger partial charge in [0.1, 0.15) is 0 Å². The minimum absolute atomic E-state index is 0.291. The average molecular weight is 249 g/mol. The Hall–Kier alpha value is -1.06. The first kappa shape index (κ1) is 13.4. The van der Waals surface area contributed by atoms with E-state index in [0.717, 1.165) is 25.1 Å². The number of aliphatic hydroxyl groups excluding tert-OH is 2. The van der Waals surface area contributed by atoms with E-state index in [1.165, 1.54) is 18.5 Å². The highest BCUT2D eigenvalue weighted by Gasteiger charge is 2.19. The van der Waals surface area contributed by atoms with E-state index in [9.17, 15) is 5.11 Å². The average Bonchev–Trinajstić information content (AvgIpc) is 2.39. The highest BCUT2D eigenvalue weighted by molar-refractivity contribution is 5.48. The summed E-state index contributed by atoms with van der Waals surface area (Å²) in [5.41, 5.74) is 2.18. The molecule has 100 valence electrons. The van der Waals surface area contributed by atoms with Crippen LogP contribution in [0.4, 0.5) is 5.69 Å². The molecule has 0 aliphatic carbocycles. The largest absolute Gasteiger partial charge is 0.396 e. The summed E-state index contributed by atoms with van der Waals surface area (Å²) in [6.07, 6.45) is 2.93. The highest BCUT2D eigenvalue weighted by atomic mass is 16.3. The predicted octanol–water partition coefficient (Wildman–Crippen LogP) is 2.34. The fourth-order valence-electron chi connectivity index (χ4n) is 2.68. The first-order valence-corrected chi connectivity index (χ1v) is 6.84. The SMILES string of the molecule is C[C@H](O)c1ccc(N2CCCC(CCO)C2)cc1. The fraction of sp³-hybridized carbons (Fsp3) is 0.600. The van der Waals surface area contributed by atoms with Crippen molar-refractivity contribution >= 4 is 5.69 Å². The fourth-order valence-corrected chi connectivity index (χ4v) is 2.68. The van der Waals surface area contributed by atoms with E-state index in [2.05, 4.69) is 17.0 Å². The van der Waals surface area contributed by atoms with Crippen LogP contribution in [-0.4, -0.2) is 29.9 Å². The van der Waals surface area contributed by atoms with Gasteiger partial charge in [-0.2, -0.15) is 0 Å². The van der Waals surface area contributed by atoms with Crippen molar-refractivity contribution < 1.29 is 10.2 Å². The monoisotopic (exact) mass is 249 g/mol. The van der Waals surface area contributed by atoms with Crippen molar-refractivity contribution in [1.82, 2.24) is 0 Å². The molecule has 1 aliphatic rings. The maximum absolute atomic E-state index is 9.50. The Labute approximate surface area is 109 Å². The van der Waals surface area contributed by atoms with Crippen molar-refractivity contribution in [3.05, 3.63) is 29.8 Å². The van der Waals surface area contributed by atoms with E-state index in [4.69, 9.17) is 5.11 Å². The molecule has 1 unspecified atom stereocenters. The summed E-state index contributed by atoms with van der Waals surface area (Å²) in [5, 5.41) is 18.5. The summed E-state index contributed by atoms with van der Waals surface area (Å²) < 4.78 is 0. The predicted molar refractivity (Wildman–Crippen MR) is 73.7 cm³/mol. The van der Waals surface area contributed by atoms with Crippen molar-refractivity contribution in [2.75, 3.05) is 24.6 Å². The number of aliphatic hydroxyl groups is 2. The molecule has 0 amide bonds. The maximum atomic E-state index is 9.50. The van der Waals surface area contributed by atoms with Crippen molar-refractivity contribution in [3.63, 3.8) is 0 Å². The smallest absolute Gasteiger partial charge is 0.0761 e. The molecule has 1 aromatic rings. The molecule has 0 spiro atoms. The summed E-state index contributed by atoms with van der Waals surface area (Å²) in [6.45, 7) is 4.21. The van der Waals surface area contributed by atoms with E-state index >= 15 is 0 Å². The summed E-state index contributed by atoms with van der Waals surface area (Å²) >= 11 is 0. The standard InChI is InChI=1S/C15H23NO2/c1-12(18)14-4-6-15(7-5-14)16-9-2-3-13(11-16)8-10-17/h4-7,12-13,17-18H,2-3,8-11H2,1H3/t12-,13?/m0/s1. The van der Waals surface area contributed by atoms with Gasteiger partial charge >= 0.3 is 0 Å². The minimum atomic E-state index is -0.400. The highest BCUT2D eigenvalue weighted by Crippen LogP contribution is 2.26. The van der Waals surface area contributed by atoms with Gasteiger partial charge in [0.25, 0.3) is 0 Å². The molecule has 1 heterocycles. The zero-order chi connectivity index (χ0) is 13.0. The lowest BCUT2D eigenvalue weighted by atomic mass is 9.94. The molecule has 1 aromatic carbocycles. The minimum Gasteiger partial charge on any atom is -0.396 e. The van der Waals surface area contributed by atoms with E-state index in [1.54, 1.807) is 6.92 Å². The quantitative estimate of drug-likeness (QED) is 0.861. The Balaban J connectivity index is 2.02. The summed E-state index contributed by atoms with van der Waals surface area (Å²) in [4.78, 5) is 2.38. The van der Waals surface area contributed by atoms with Crippen LogP contribution in [0.1, 0.15) is 37.9 Å². The van der Waals surface area contributed by atoms with Crippen LogP contribution in [0, 0.1) is 5.92 Å². The Bertz CT molecular complexity index is 359. The third-order valence-corrected chi connectivity index (χ3v) is 3.80. The van der Waals surface area contributed by atoms with E-state index < -0.39 is 6.10 Å². The number of anilines is 1. The van der Waals surface area contributed by atoms with Gasteiger partial charge < -0.3 is 15.1 Å². The Kier molecular flexibility index (Phi) is 4.61. The van der Waals surface area contributed by atoms with Crippen molar-refractivity contribution in [2.24, 2.45) is 5.92 Å². The molecule has 1 aliphatic heterocycles. The van der Waals surface area contributed by atoms with E-state index in [0.29, 0.717) is 12.5 Å². The summed E-state index contributed by atoms with van der Waals surface area (Å²) in [7, 11) is 0. The number of hydrogen-bond acceptors (Lipinski definition) is 3. The Morgan fingerprint density at radius 1 is 1.33 bits per heavy atom. The molecule has 3 nitrogen and oxygen atoms in total. The number of piperidine rings is 1. The Morgan fingerprint density at radius 3 is 2.67 bits per heavy atom. The van der Waals surface area contributed by atoms with Crippen LogP contribution in [0.5, 0.6) is 0 Å².